The first-order valence-corrected chi connectivity index (χ1v) is 16.3. The van der Waals surface area contributed by atoms with E-state index in [1.54, 1.807) is 48.5 Å². The lowest BCUT2D eigenvalue weighted by Gasteiger charge is -2.19. The molecule has 0 radical (unpaired) electrons. The van der Waals surface area contributed by atoms with Crippen LogP contribution < -0.4 is 16.6 Å². The van der Waals surface area contributed by atoms with Gasteiger partial charge in [-0.15, -0.1) is 0 Å². The summed E-state index contributed by atoms with van der Waals surface area (Å²) in [6.07, 6.45) is 1.02. The minimum atomic E-state index is -4.09. The van der Waals surface area contributed by atoms with Crippen molar-refractivity contribution in [3.8, 4) is 5.69 Å². The van der Waals surface area contributed by atoms with Crippen molar-refractivity contribution in [3.05, 3.63) is 140 Å². The van der Waals surface area contributed by atoms with Crippen LogP contribution in [-0.2, 0) is 43.7 Å². The molecule has 1 N–H and O–H groups in total. The number of halogens is 2. The van der Waals surface area contributed by atoms with Gasteiger partial charge in [-0.1, -0.05) is 54.1 Å². The Morgan fingerprint density at radius 2 is 1.51 bits per heavy atom. The van der Waals surface area contributed by atoms with Crippen molar-refractivity contribution < 1.29 is 35.7 Å². The van der Waals surface area contributed by atoms with Crippen molar-refractivity contribution >= 4 is 32.8 Å². The third kappa shape index (κ3) is 7.34. The third-order valence-electron chi connectivity index (χ3n) is 7.87. The number of fused-ring (bicyclic) bond motifs is 1. The molecule has 1 aromatic heterocycles. The van der Waals surface area contributed by atoms with E-state index < -0.39 is 56.5 Å². The van der Waals surface area contributed by atoms with Gasteiger partial charge in [-0.3, -0.25) is 13.8 Å². The zero-order valence-corrected chi connectivity index (χ0v) is 27.4. The standard InChI is InChI=1S/C35H31F2N3O8S/c1-21-13-15-24(16-14-21)49(45,46)48-18-17-23-20-39(2)35(44)40(33(23)42)30-12-5-8-25-22(7-4-9-26(25)30)19-29(34(43)47-3)38-32(41)31-27(36)10-6-11-28(31)37/h4-16,20,29H,17-19H2,1-3H3,(H,38,41)/t29-/m0/s1. The van der Waals surface area contributed by atoms with Crippen molar-refractivity contribution in [1.82, 2.24) is 14.5 Å². The van der Waals surface area contributed by atoms with Gasteiger partial charge in [0.05, 0.1) is 24.3 Å². The van der Waals surface area contributed by atoms with Gasteiger partial charge in [0, 0.05) is 37.0 Å². The SMILES string of the molecule is COC(=O)[C@H](Cc1cccc2c(-n3c(=O)c(CCOS(=O)(=O)c4ccc(C)cc4)cn(C)c3=O)cccc12)NC(=O)c1c(F)cccc1F. The Bertz CT molecular complexity index is 2280. The summed E-state index contributed by atoms with van der Waals surface area (Å²) in [6.45, 7) is 1.46. The van der Waals surface area contributed by atoms with Crippen LogP contribution in [0.2, 0.25) is 0 Å². The number of esters is 1. The second-order valence-electron chi connectivity index (χ2n) is 11.2. The average Bonchev–Trinajstić information content (AvgIpc) is 3.06. The van der Waals surface area contributed by atoms with Crippen LogP contribution in [0.1, 0.15) is 27.0 Å². The molecular weight excluding hydrogens is 660 g/mol. The number of methoxy groups -OCH3 is 1. The maximum absolute atomic E-state index is 14.3. The Balaban J connectivity index is 1.47. The Hall–Kier alpha value is -5.47. The van der Waals surface area contributed by atoms with Gasteiger partial charge in [-0.25, -0.2) is 22.9 Å². The highest BCUT2D eigenvalue weighted by Crippen LogP contribution is 2.26. The van der Waals surface area contributed by atoms with E-state index in [0.717, 1.165) is 35.4 Å². The summed E-state index contributed by atoms with van der Waals surface area (Å²) in [5, 5.41) is 3.29. The summed E-state index contributed by atoms with van der Waals surface area (Å²) < 4.78 is 66.1. The molecule has 49 heavy (non-hydrogen) atoms. The number of nitrogens with one attached hydrogen (secondary N) is 1. The van der Waals surface area contributed by atoms with Crippen LogP contribution in [0.15, 0.2) is 99.5 Å². The molecule has 5 rings (SSSR count). The predicted octanol–water partition coefficient (Wildman–Crippen LogP) is 3.74. The first kappa shape index (κ1) is 34.9. The molecule has 1 amide bonds. The summed E-state index contributed by atoms with van der Waals surface area (Å²) in [6, 6.07) is 17.4. The second-order valence-corrected chi connectivity index (χ2v) is 12.8. The van der Waals surface area contributed by atoms with Crippen molar-refractivity contribution in [1.29, 1.82) is 0 Å². The molecule has 5 aromatic rings. The summed E-state index contributed by atoms with van der Waals surface area (Å²) in [5.74, 6) is -4.24. The van der Waals surface area contributed by atoms with E-state index in [1.165, 1.54) is 29.9 Å². The van der Waals surface area contributed by atoms with E-state index in [1.807, 2.05) is 6.92 Å². The second kappa shape index (κ2) is 14.3. The van der Waals surface area contributed by atoms with E-state index in [2.05, 4.69) is 5.32 Å². The van der Waals surface area contributed by atoms with Gasteiger partial charge >= 0.3 is 11.7 Å². The summed E-state index contributed by atoms with van der Waals surface area (Å²) in [7, 11) is -1.54. The molecule has 14 heteroatoms. The number of hydrogen-bond acceptors (Lipinski definition) is 8. The molecule has 0 bridgehead atoms. The monoisotopic (exact) mass is 691 g/mol. The molecule has 0 unspecified atom stereocenters. The summed E-state index contributed by atoms with van der Waals surface area (Å²) >= 11 is 0. The van der Waals surface area contributed by atoms with Gasteiger partial charge in [0.2, 0.25) is 0 Å². The van der Waals surface area contributed by atoms with E-state index in [9.17, 15) is 36.4 Å². The molecule has 254 valence electrons. The Labute approximate surface area is 279 Å². The van der Waals surface area contributed by atoms with Gasteiger partial charge in [-0.2, -0.15) is 8.42 Å². The highest BCUT2D eigenvalue weighted by molar-refractivity contribution is 7.86. The molecule has 11 nitrogen and oxygen atoms in total. The quantitative estimate of drug-likeness (QED) is 0.163. The number of aromatic nitrogens is 2. The lowest BCUT2D eigenvalue weighted by atomic mass is 9.97. The van der Waals surface area contributed by atoms with E-state index in [-0.39, 0.29) is 35.6 Å². The van der Waals surface area contributed by atoms with Crippen LogP contribution in [0.3, 0.4) is 0 Å². The van der Waals surface area contributed by atoms with E-state index in [0.29, 0.717) is 16.3 Å². The summed E-state index contributed by atoms with van der Waals surface area (Å²) in [5.41, 5.74) is -0.549. The van der Waals surface area contributed by atoms with Crippen LogP contribution in [0, 0.1) is 18.6 Å². The fourth-order valence-electron chi connectivity index (χ4n) is 5.38. The number of benzene rings is 4. The lowest BCUT2D eigenvalue weighted by molar-refractivity contribution is -0.142. The van der Waals surface area contributed by atoms with Gasteiger partial charge in [0.1, 0.15) is 23.2 Å². The van der Waals surface area contributed by atoms with Gasteiger partial charge in [-0.05, 0) is 48.2 Å². The Kier molecular flexibility index (Phi) is 10.2. The minimum Gasteiger partial charge on any atom is -0.467 e. The highest BCUT2D eigenvalue weighted by atomic mass is 32.2. The highest BCUT2D eigenvalue weighted by Gasteiger charge is 2.27. The van der Waals surface area contributed by atoms with Crippen LogP contribution in [0.5, 0.6) is 0 Å². The number of ether oxygens (including phenoxy) is 1. The average molecular weight is 692 g/mol. The molecule has 0 spiro atoms. The largest absolute Gasteiger partial charge is 0.467 e. The number of nitrogens with zero attached hydrogens (tertiary/aromatic N) is 2. The topological polar surface area (TPSA) is 143 Å². The molecule has 0 aliphatic heterocycles. The van der Waals surface area contributed by atoms with Crippen molar-refractivity contribution in [2.24, 2.45) is 7.05 Å². The number of hydrogen-bond donors (Lipinski definition) is 1. The zero-order chi connectivity index (χ0) is 35.5. The Morgan fingerprint density at radius 1 is 0.878 bits per heavy atom. The molecule has 0 aliphatic carbocycles. The predicted molar refractivity (Wildman–Crippen MR) is 176 cm³/mol. The number of carbonyl (C=O) groups excluding carboxylic acids is 2. The van der Waals surface area contributed by atoms with Gasteiger partial charge in [0.15, 0.2) is 0 Å². The molecule has 0 fully saturated rings. The normalized spacial score (nSPS) is 12.1. The summed E-state index contributed by atoms with van der Waals surface area (Å²) in [4.78, 5) is 52.6. The van der Waals surface area contributed by atoms with Crippen molar-refractivity contribution in [3.63, 3.8) is 0 Å². The van der Waals surface area contributed by atoms with Gasteiger partial charge < -0.3 is 14.6 Å². The first-order valence-electron chi connectivity index (χ1n) is 14.9. The van der Waals surface area contributed by atoms with Gasteiger partial charge in [0.25, 0.3) is 21.6 Å². The molecular formula is C35H31F2N3O8S. The fraction of sp³-hybridized carbons (Fsp3) is 0.200. The van der Waals surface area contributed by atoms with Crippen molar-refractivity contribution in [2.45, 2.75) is 30.7 Å². The van der Waals surface area contributed by atoms with Crippen LogP contribution in [0.4, 0.5) is 8.78 Å². The van der Waals surface area contributed by atoms with E-state index >= 15 is 0 Å². The molecule has 0 saturated heterocycles. The zero-order valence-electron chi connectivity index (χ0n) is 26.6. The molecule has 0 aliphatic rings. The van der Waals surface area contributed by atoms with Crippen LogP contribution in [-0.4, -0.2) is 49.2 Å². The molecule has 0 saturated carbocycles. The number of aryl methyl sites for hydroxylation is 2. The smallest absolute Gasteiger partial charge is 0.335 e. The number of amides is 1. The molecule has 1 atom stereocenters. The van der Waals surface area contributed by atoms with Crippen LogP contribution in [0.25, 0.3) is 16.5 Å². The van der Waals surface area contributed by atoms with Crippen LogP contribution >= 0.6 is 0 Å². The lowest BCUT2D eigenvalue weighted by Crippen LogP contribution is -2.43. The van der Waals surface area contributed by atoms with E-state index in [4.69, 9.17) is 8.92 Å². The molecule has 4 aromatic carbocycles. The minimum absolute atomic E-state index is 0.0315. The maximum Gasteiger partial charge on any atom is 0.335 e. The molecule has 1 heterocycles. The Morgan fingerprint density at radius 3 is 2.18 bits per heavy atom. The first-order chi connectivity index (χ1) is 23.3. The van der Waals surface area contributed by atoms with Crippen molar-refractivity contribution in [2.75, 3.05) is 13.7 Å². The number of rotatable bonds is 11. The third-order valence-corrected chi connectivity index (χ3v) is 9.20. The fourth-order valence-corrected chi connectivity index (χ4v) is 6.29. The maximum atomic E-state index is 14.3. The number of carbonyl (C=O) groups is 2.